The Labute approximate surface area is 162 Å². The summed E-state index contributed by atoms with van der Waals surface area (Å²) in [6.45, 7) is 1.69. The molecule has 0 radical (unpaired) electrons. The van der Waals surface area contributed by atoms with Crippen molar-refractivity contribution >= 4 is 11.7 Å². The van der Waals surface area contributed by atoms with E-state index in [1.54, 1.807) is 42.5 Å². The van der Waals surface area contributed by atoms with Gasteiger partial charge in [-0.05, 0) is 61.5 Å². The molecule has 0 spiro atoms. The van der Waals surface area contributed by atoms with Crippen molar-refractivity contribution < 1.29 is 23.1 Å². The molecule has 144 valence electrons. The number of carbonyl (C=O) groups excluding carboxylic acids is 2. The van der Waals surface area contributed by atoms with E-state index in [1.165, 1.54) is 26.2 Å². The Morgan fingerprint density at radius 1 is 1.07 bits per heavy atom. The zero-order valence-corrected chi connectivity index (χ0v) is 15.6. The van der Waals surface area contributed by atoms with Crippen LogP contribution in [0.4, 0.5) is 4.39 Å². The third kappa shape index (κ3) is 4.65. The number of carbonyl (C=O) groups is 2. The molecular formula is C22H20FNO4. The fourth-order valence-electron chi connectivity index (χ4n) is 2.80. The van der Waals surface area contributed by atoms with Crippen molar-refractivity contribution in [1.82, 2.24) is 5.32 Å². The molecule has 1 N–H and O–H groups in total. The highest BCUT2D eigenvalue weighted by Crippen LogP contribution is 2.23. The second-order valence-corrected chi connectivity index (χ2v) is 6.31. The molecule has 0 unspecified atom stereocenters. The molecule has 0 saturated carbocycles. The van der Waals surface area contributed by atoms with Crippen LogP contribution in [-0.2, 0) is 17.8 Å². The zero-order valence-electron chi connectivity index (χ0n) is 15.6. The van der Waals surface area contributed by atoms with Crippen LogP contribution in [-0.4, -0.2) is 18.8 Å². The van der Waals surface area contributed by atoms with E-state index in [4.69, 9.17) is 9.15 Å². The molecule has 0 saturated heterocycles. The van der Waals surface area contributed by atoms with Gasteiger partial charge in [-0.3, -0.25) is 9.59 Å². The first kappa shape index (κ1) is 19.4. The van der Waals surface area contributed by atoms with Gasteiger partial charge in [-0.1, -0.05) is 0 Å². The van der Waals surface area contributed by atoms with Gasteiger partial charge in [0.05, 0.1) is 20.1 Å². The number of nitrogens with one attached hydrogen (secondary N) is 1. The lowest BCUT2D eigenvalue weighted by Gasteiger charge is -2.10. The number of methoxy groups -OCH3 is 1. The molecular weight excluding hydrogens is 361 g/mol. The number of halogens is 1. The molecule has 28 heavy (non-hydrogen) atoms. The third-order valence-corrected chi connectivity index (χ3v) is 4.29. The first-order chi connectivity index (χ1) is 13.5. The Morgan fingerprint density at radius 2 is 1.82 bits per heavy atom. The molecule has 2 aromatic carbocycles. The number of amides is 1. The Morgan fingerprint density at radius 3 is 2.50 bits per heavy atom. The van der Waals surface area contributed by atoms with Crippen molar-refractivity contribution in [2.24, 2.45) is 0 Å². The standard InChI is InChI=1S/C22H20FNO4/c1-14(25)16-5-9-20(27-2)17(11-16)12-22(26)24-13-19-8-10-21(28-19)15-3-6-18(23)7-4-15/h3-11H,12-13H2,1-2H3,(H,24,26). The Bertz CT molecular complexity index is 992. The van der Waals surface area contributed by atoms with E-state index in [2.05, 4.69) is 5.32 Å². The summed E-state index contributed by atoms with van der Waals surface area (Å²) >= 11 is 0. The summed E-state index contributed by atoms with van der Waals surface area (Å²) in [5, 5.41) is 2.79. The van der Waals surface area contributed by atoms with Gasteiger partial charge < -0.3 is 14.5 Å². The van der Waals surface area contributed by atoms with Gasteiger partial charge in [-0.15, -0.1) is 0 Å². The van der Waals surface area contributed by atoms with Crippen LogP contribution in [0.3, 0.4) is 0 Å². The highest BCUT2D eigenvalue weighted by atomic mass is 19.1. The van der Waals surface area contributed by atoms with Gasteiger partial charge >= 0.3 is 0 Å². The van der Waals surface area contributed by atoms with Crippen LogP contribution >= 0.6 is 0 Å². The summed E-state index contributed by atoms with van der Waals surface area (Å²) < 4.78 is 24.0. The Hall–Kier alpha value is -3.41. The summed E-state index contributed by atoms with van der Waals surface area (Å²) in [7, 11) is 1.52. The molecule has 0 atom stereocenters. The van der Waals surface area contributed by atoms with Gasteiger partial charge in [-0.2, -0.15) is 0 Å². The van der Waals surface area contributed by atoms with Gasteiger partial charge in [0.1, 0.15) is 23.1 Å². The van der Waals surface area contributed by atoms with Crippen LogP contribution in [0, 0.1) is 5.82 Å². The maximum absolute atomic E-state index is 13.0. The highest BCUT2D eigenvalue weighted by molar-refractivity contribution is 5.94. The molecule has 5 nitrogen and oxygen atoms in total. The topological polar surface area (TPSA) is 68.5 Å². The fourth-order valence-corrected chi connectivity index (χ4v) is 2.80. The van der Waals surface area contributed by atoms with Crippen LogP contribution < -0.4 is 10.1 Å². The molecule has 3 aromatic rings. The van der Waals surface area contributed by atoms with Crippen molar-refractivity contribution in [2.75, 3.05) is 7.11 Å². The number of benzene rings is 2. The van der Waals surface area contributed by atoms with E-state index < -0.39 is 0 Å². The predicted octanol–water partition coefficient (Wildman–Crippen LogP) is 4.16. The number of hydrogen-bond donors (Lipinski definition) is 1. The second kappa shape index (κ2) is 8.52. The molecule has 0 aliphatic carbocycles. The minimum atomic E-state index is -0.313. The number of rotatable bonds is 7. The number of ether oxygens (including phenoxy) is 1. The van der Waals surface area contributed by atoms with Gasteiger partial charge in [0.15, 0.2) is 5.78 Å². The Kier molecular flexibility index (Phi) is 5.89. The van der Waals surface area contributed by atoms with Crippen molar-refractivity contribution in [3.63, 3.8) is 0 Å². The van der Waals surface area contributed by atoms with Crippen LogP contribution in [0.15, 0.2) is 59.0 Å². The quantitative estimate of drug-likeness (QED) is 0.624. The Balaban J connectivity index is 1.63. The van der Waals surface area contributed by atoms with E-state index in [0.717, 1.165) is 5.56 Å². The average molecular weight is 381 g/mol. The minimum Gasteiger partial charge on any atom is -0.496 e. The van der Waals surface area contributed by atoms with E-state index in [-0.39, 0.29) is 30.5 Å². The van der Waals surface area contributed by atoms with Crippen molar-refractivity contribution in [3.8, 4) is 17.1 Å². The molecule has 1 amide bonds. The lowest BCUT2D eigenvalue weighted by Crippen LogP contribution is -2.24. The van der Waals surface area contributed by atoms with Crippen LogP contribution in [0.1, 0.15) is 28.6 Å². The first-order valence-electron chi connectivity index (χ1n) is 8.75. The van der Waals surface area contributed by atoms with Crippen molar-refractivity contribution in [3.05, 3.63) is 77.3 Å². The summed E-state index contributed by atoms with van der Waals surface area (Å²) in [6, 6.07) is 14.5. The molecule has 0 aliphatic heterocycles. The number of hydrogen-bond acceptors (Lipinski definition) is 4. The maximum Gasteiger partial charge on any atom is 0.224 e. The SMILES string of the molecule is COc1ccc(C(C)=O)cc1CC(=O)NCc1ccc(-c2ccc(F)cc2)o1. The first-order valence-corrected chi connectivity index (χ1v) is 8.75. The van der Waals surface area contributed by atoms with Crippen LogP contribution in [0.25, 0.3) is 11.3 Å². The lowest BCUT2D eigenvalue weighted by atomic mass is 10.0. The summed E-state index contributed by atoms with van der Waals surface area (Å²) in [6.07, 6.45) is 0.0792. The summed E-state index contributed by atoms with van der Waals surface area (Å²) in [4.78, 5) is 23.9. The molecule has 6 heteroatoms. The number of furan rings is 1. The van der Waals surface area contributed by atoms with E-state index in [9.17, 15) is 14.0 Å². The largest absolute Gasteiger partial charge is 0.496 e. The fraction of sp³-hybridized carbons (Fsp3) is 0.182. The minimum absolute atomic E-state index is 0.0757. The predicted molar refractivity (Wildman–Crippen MR) is 103 cm³/mol. The second-order valence-electron chi connectivity index (χ2n) is 6.31. The maximum atomic E-state index is 13.0. The van der Waals surface area contributed by atoms with Crippen LogP contribution in [0.2, 0.25) is 0 Å². The summed E-state index contributed by atoms with van der Waals surface area (Å²) in [5.41, 5.74) is 1.92. The van der Waals surface area contributed by atoms with E-state index in [1.807, 2.05) is 0 Å². The summed E-state index contributed by atoms with van der Waals surface area (Å²) in [5.74, 6) is 1.12. The highest BCUT2D eigenvalue weighted by Gasteiger charge is 2.12. The monoisotopic (exact) mass is 381 g/mol. The molecule has 0 bridgehead atoms. The smallest absolute Gasteiger partial charge is 0.224 e. The molecule has 0 aliphatic rings. The average Bonchev–Trinajstić information content (AvgIpc) is 3.16. The van der Waals surface area contributed by atoms with Gasteiger partial charge in [0.2, 0.25) is 5.91 Å². The molecule has 3 rings (SSSR count). The van der Waals surface area contributed by atoms with E-state index >= 15 is 0 Å². The normalized spacial score (nSPS) is 10.5. The number of Topliss-reactive ketones (excluding diaryl/α,β-unsaturated/α-hetero) is 1. The molecule has 1 heterocycles. The van der Waals surface area contributed by atoms with Gasteiger partial charge in [0, 0.05) is 16.7 Å². The molecule has 1 aromatic heterocycles. The van der Waals surface area contributed by atoms with Gasteiger partial charge in [0.25, 0.3) is 0 Å². The molecule has 0 fully saturated rings. The van der Waals surface area contributed by atoms with E-state index in [0.29, 0.717) is 28.4 Å². The van der Waals surface area contributed by atoms with Crippen LogP contribution in [0.5, 0.6) is 5.75 Å². The lowest BCUT2D eigenvalue weighted by molar-refractivity contribution is -0.120. The van der Waals surface area contributed by atoms with Crippen molar-refractivity contribution in [2.45, 2.75) is 19.9 Å². The van der Waals surface area contributed by atoms with Crippen molar-refractivity contribution in [1.29, 1.82) is 0 Å². The number of ketones is 1. The third-order valence-electron chi connectivity index (χ3n) is 4.29. The zero-order chi connectivity index (χ0) is 20.1. The van der Waals surface area contributed by atoms with Gasteiger partial charge in [-0.25, -0.2) is 4.39 Å².